The summed E-state index contributed by atoms with van der Waals surface area (Å²) >= 11 is 0. The molecule has 0 bridgehead atoms. The average Bonchev–Trinajstić information content (AvgIpc) is 3.26. The van der Waals surface area contributed by atoms with E-state index >= 15 is 0 Å². The first-order valence-corrected chi connectivity index (χ1v) is 9.06. The summed E-state index contributed by atoms with van der Waals surface area (Å²) in [5.74, 6) is 0.730. The largest absolute Gasteiger partial charge is 0.381 e. The minimum atomic E-state index is -0.0625. The number of benzene rings is 1. The van der Waals surface area contributed by atoms with Crippen LogP contribution in [-0.4, -0.2) is 56.7 Å². The zero-order chi connectivity index (χ0) is 17.7. The first-order chi connectivity index (χ1) is 12.1. The number of nitrogens with one attached hydrogen (secondary N) is 2. The summed E-state index contributed by atoms with van der Waals surface area (Å²) in [6, 6.07) is 7.95. The third-order valence-electron chi connectivity index (χ3n) is 5.16. The molecule has 6 heteroatoms. The Hall–Kier alpha value is -2.08. The minimum Gasteiger partial charge on any atom is -0.381 e. The third-order valence-corrected chi connectivity index (χ3v) is 5.16. The maximum Gasteiger partial charge on any atom is 0.243 e. The quantitative estimate of drug-likeness (QED) is 0.646. The zero-order valence-electron chi connectivity index (χ0n) is 15.2. The van der Waals surface area contributed by atoms with Crippen molar-refractivity contribution in [1.82, 2.24) is 10.2 Å². The van der Waals surface area contributed by atoms with Gasteiger partial charge in [0, 0.05) is 37.8 Å². The molecule has 1 atom stereocenters. The van der Waals surface area contributed by atoms with Crippen LogP contribution in [0.3, 0.4) is 0 Å². The maximum atomic E-state index is 12.2. The molecule has 1 amide bonds. The Bertz CT molecular complexity index is 638. The van der Waals surface area contributed by atoms with E-state index in [2.05, 4.69) is 33.5 Å². The smallest absolute Gasteiger partial charge is 0.243 e. The van der Waals surface area contributed by atoms with Crippen LogP contribution in [0.25, 0.3) is 0 Å². The van der Waals surface area contributed by atoms with Crippen LogP contribution in [0, 0.1) is 5.41 Å². The number of aliphatic imine (C=N–C) groups is 1. The highest BCUT2D eigenvalue weighted by Crippen LogP contribution is 2.38. The number of nitrogens with zero attached hydrogens (tertiary/aromatic N) is 2. The van der Waals surface area contributed by atoms with Crippen LogP contribution < -0.4 is 10.6 Å². The summed E-state index contributed by atoms with van der Waals surface area (Å²) in [7, 11) is 1.76. The van der Waals surface area contributed by atoms with Gasteiger partial charge >= 0.3 is 0 Å². The third kappa shape index (κ3) is 4.31. The first kappa shape index (κ1) is 17.7. The number of carbonyl (C=O) groups is 1. The number of rotatable bonds is 4. The van der Waals surface area contributed by atoms with E-state index in [-0.39, 0.29) is 17.9 Å². The molecule has 1 aromatic rings. The predicted octanol–water partition coefficient (Wildman–Crippen LogP) is 1.88. The number of hydrogen-bond donors (Lipinski definition) is 2. The van der Waals surface area contributed by atoms with Gasteiger partial charge in [-0.25, -0.2) is 0 Å². The number of amides is 1. The highest BCUT2D eigenvalue weighted by Gasteiger charge is 2.42. The molecule has 1 unspecified atom stereocenters. The van der Waals surface area contributed by atoms with Crippen LogP contribution in [-0.2, 0) is 16.0 Å². The number of hydrogen-bond acceptors (Lipinski definition) is 3. The highest BCUT2D eigenvalue weighted by molar-refractivity contribution is 5.95. The van der Waals surface area contributed by atoms with Gasteiger partial charge < -0.3 is 20.3 Å². The van der Waals surface area contributed by atoms with Crippen molar-refractivity contribution in [2.24, 2.45) is 10.4 Å². The van der Waals surface area contributed by atoms with Crippen molar-refractivity contribution in [1.29, 1.82) is 0 Å². The van der Waals surface area contributed by atoms with Crippen LogP contribution in [0.5, 0.6) is 0 Å². The Balaban J connectivity index is 1.50. The summed E-state index contributed by atoms with van der Waals surface area (Å²) in [4.78, 5) is 18.8. The fourth-order valence-corrected chi connectivity index (χ4v) is 3.65. The second-order valence-corrected chi connectivity index (χ2v) is 6.98. The molecule has 0 radical (unpaired) electrons. The number of guanidine groups is 1. The molecule has 2 heterocycles. The standard InChI is InChI=1S/C19H28N4O2/c1-3-15-5-4-6-16(11-15)22-17(24)12-21-18(20-2)23-9-7-19(13-23)8-10-25-14-19/h4-6,11H,3,7-10,12-14H2,1-2H3,(H,20,21)(H,22,24). The Morgan fingerprint density at radius 2 is 2.28 bits per heavy atom. The van der Waals surface area contributed by atoms with E-state index in [9.17, 15) is 4.79 Å². The highest BCUT2D eigenvalue weighted by atomic mass is 16.5. The zero-order valence-corrected chi connectivity index (χ0v) is 15.2. The SMILES string of the molecule is CCc1cccc(NC(=O)CNC(=NC)N2CCC3(CCOC3)C2)c1. The van der Waals surface area contributed by atoms with Crippen molar-refractivity contribution in [3.63, 3.8) is 0 Å². The van der Waals surface area contributed by atoms with Crippen molar-refractivity contribution in [3.8, 4) is 0 Å². The second kappa shape index (κ2) is 7.87. The van der Waals surface area contributed by atoms with Gasteiger partial charge in [-0.1, -0.05) is 19.1 Å². The molecule has 2 saturated heterocycles. The number of likely N-dealkylation sites (tertiary alicyclic amines) is 1. The molecule has 2 aliphatic heterocycles. The lowest BCUT2D eigenvalue weighted by molar-refractivity contribution is -0.115. The number of ether oxygens (including phenoxy) is 1. The van der Waals surface area contributed by atoms with Gasteiger partial charge in [-0.3, -0.25) is 9.79 Å². The van der Waals surface area contributed by atoms with Crippen LogP contribution >= 0.6 is 0 Å². The molecule has 6 nitrogen and oxygen atoms in total. The normalized spacial score (nSPS) is 23.3. The number of carbonyl (C=O) groups excluding carboxylic acids is 1. The van der Waals surface area contributed by atoms with Gasteiger partial charge in [-0.05, 0) is 37.0 Å². The topological polar surface area (TPSA) is 66.0 Å². The summed E-state index contributed by atoms with van der Waals surface area (Å²) < 4.78 is 5.58. The average molecular weight is 344 g/mol. The van der Waals surface area contributed by atoms with E-state index in [1.54, 1.807) is 7.05 Å². The Labute approximate surface area is 149 Å². The summed E-state index contributed by atoms with van der Waals surface area (Å²) in [6.45, 7) is 5.93. The fraction of sp³-hybridized carbons (Fsp3) is 0.579. The summed E-state index contributed by atoms with van der Waals surface area (Å²) in [5.41, 5.74) is 2.33. The first-order valence-electron chi connectivity index (χ1n) is 9.06. The van der Waals surface area contributed by atoms with E-state index in [4.69, 9.17) is 4.74 Å². The van der Waals surface area contributed by atoms with Gasteiger partial charge in [0.1, 0.15) is 0 Å². The number of aryl methyl sites for hydroxylation is 1. The minimum absolute atomic E-state index is 0.0625. The van der Waals surface area contributed by atoms with Crippen molar-refractivity contribution in [2.75, 3.05) is 45.2 Å². The fourth-order valence-electron chi connectivity index (χ4n) is 3.65. The molecular weight excluding hydrogens is 316 g/mol. The molecule has 2 fully saturated rings. The summed E-state index contributed by atoms with van der Waals surface area (Å²) in [6.07, 6.45) is 3.20. The Morgan fingerprint density at radius 3 is 3.00 bits per heavy atom. The van der Waals surface area contributed by atoms with Crippen molar-refractivity contribution in [2.45, 2.75) is 26.2 Å². The molecule has 3 rings (SSSR count). The van der Waals surface area contributed by atoms with Crippen molar-refractivity contribution < 1.29 is 9.53 Å². The molecule has 0 aliphatic carbocycles. The van der Waals surface area contributed by atoms with Crippen molar-refractivity contribution >= 4 is 17.6 Å². The van der Waals surface area contributed by atoms with Gasteiger partial charge in [0.2, 0.25) is 5.91 Å². The van der Waals surface area contributed by atoms with E-state index in [1.807, 2.05) is 18.2 Å². The van der Waals surface area contributed by atoms with Crippen LogP contribution in [0.1, 0.15) is 25.3 Å². The maximum absolute atomic E-state index is 12.2. The van der Waals surface area contributed by atoms with E-state index in [0.717, 1.165) is 57.2 Å². The van der Waals surface area contributed by atoms with Crippen LogP contribution in [0.2, 0.25) is 0 Å². The van der Waals surface area contributed by atoms with Gasteiger partial charge in [-0.2, -0.15) is 0 Å². The lowest BCUT2D eigenvalue weighted by atomic mass is 9.87. The monoisotopic (exact) mass is 344 g/mol. The predicted molar refractivity (Wildman–Crippen MR) is 99.9 cm³/mol. The molecule has 0 saturated carbocycles. The van der Waals surface area contributed by atoms with Crippen LogP contribution in [0.15, 0.2) is 29.3 Å². The van der Waals surface area contributed by atoms with Gasteiger partial charge in [0.15, 0.2) is 5.96 Å². The molecule has 1 aromatic carbocycles. The van der Waals surface area contributed by atoms with E-state index in [0.29, 0.717) is 0 Å². The van der Waals surface area contributed by atoms with E-state index in [1.165, 1.54) is 5.56 Å². The van der Waals surface area contributed by atoms with Gasteiger partial charge in [0.25, 0.3) is 0 Å². The molecule has 1 spiro atoms. The molecule has 2 aliphatic rings. The van der Waals surface area contributed by atoms with Crippen LogP contribution in [0.4, 0.5) is 5.69 Å². The second-order valence-electron chi connectivity index (χ2n) is 6.98. The molecule has 136 valence electrons. The Morgan fingerprint density at radius 1 is 1.40 bits per heavy atom. The van der Waals surface area contributed by atoms with E-state index < -0.39 is 0 Å². The lowest BCUT2D eigenvalue weighted by Crippen LogP contribution is -2.44. The summed E-state index contributed by atoms with van der Waals surface area (Å²) in [5, 5.41) is 6.13. The lowest BCUT2D eigenvalue weighted by Gasteiger charge is -2.24. The van der Waals surface area contributed by atoms with Gasteiger partial charge in [0.05, 0.1) is 13.2 Å². The molecular formula is C19H28N4O2. The molecule has 0 aromatic heterocycles. The molecule has 2 N–H and O–H groups in total. The Kier molecular flexibility index (Phi) is 5.58. The van der Waals surface area contributed by atoms with Crippen molar-refractivity contribution in [3.05, 3.63) is 29.8 Å². The molecule has 25 heavy (non-hydrogen) atoms. The van der Waals surface area contributed by atoms with Gasteiger partial charge in [-0.15, -0.1) is 0 Å². The number of anilines is 1.